The lowest BCUT2D eigenvalue weighted by Gasteiger charge is -2.35. The first-order valence-electron chi connectivity index (χ1n) is 8.82. The molecule has 4 rings (SSSR count). The van der Waals surface area contributed by atoms with E-state index in [4.69, 9.17) is 15.2 Å². The van der Waals surface area contributed by atoms with Crippen molar-refractivity contribution in [3.63, 3.8) is 0 Å². The Morgan fingerprint density at radius 1 is 1.28 bits per heavy atom. The molecule has 0 spiro atoms. The molecule has 8 heteroatoms. The maximum Gasteiger partial charge on any atom is 0.338 e. The largest absolute Gasteiger partial charge is 0.496 e. The summed E-state index contributed by atoms with van der Waals surface area (Å²) in [7, 11) is 2.91. The Morgan fingerprint density at radius 2 is 2.03 bits per heavy atom. The van der Waals surface area contributed by atoms with Crippen LogP contribution in [-0.2, 0) is 9.53 Å². The number of nitriles is 1. The predicted molar refractivity (Wildman–Crippen MR) is 112 cm³/mol. The molecule has 146 valence electrons. The van der Waals surface area contributed by atoms with Gasteiger partial charge in [0.25, 0.3) is 0 Å². The first-order valence-corrected chi connectivity index (χ1v) is 9.63. The van der Waals surface area contributed by atoms with Gasteiger partial charge in [-0.1, -0.05) is 30.3 Å². The number of carbonyl (C=O) groups excluding carboxylic acids is 1. The molecule has 2 aromatic rings. The molecule has 0 unspecified atom stereocenters. The molecule has 2 aliphatic rings. The third-order valence-corrected chi connectivity index (χ3v) is 5.98. The van der Waals surface area contributed by atoms with Gasteiger partial charge in [-0.3, -0.25) is 4.90 Å². The van der Waals surface area contributed by atoms with Crippen LogP contribution in [0, 0.1) is 11.3 Å². The highest BCUT2D eigenvalue weighted by atomic mass is 32.2. The molecule has 0 fully saturated rings. The predicted octanol–water partition coefficient (Wildman–Crippen LogP) is 3.41. The van der Waals surface area contributed by atoms with Crippen LogP contribution in [0.25, 0.3) is 10.8 Å². The van der Waals surface area contributed by atoms with Crippen molar-refractivity contribution in [2.45, 2.75) is 13.0 Å². The van der Waals surface area contributed by atoms with Gasteiger partial charge in [0.05, 0.1) is 25.5 Å². The fraction of sp³-hybridized carbons (Fsp3) is 0.190. The number of amidine groups is 1. The van der Waals surface area contributed by atoms with Crippen molar-refractivity contribution in [1.82, 2.24) is 4.90 Å². The lowest BCUT2D eigenvalue weighted by Crippen LogP contribution is -2.38. The molecule has 0 radical (unpaired) electrons. The Morgan fingerprint density at radius 3 is 2.72 bits per heavy atom. The van der Waals surface area contributed by atoms with E-state index in [0.29, 0.717) is 27.1 Å². The summed E-state index contributed by atoms with van der Waals surface area (Å²) in [6.45, 7) is 1.75. The molecule has 0 aromatic heterocycles. The molecule has 1 atom stereocenters. The Hall–Kier alpha value is -3.44. The number of allylic oxidation sites excluding steroid dienone is 2. The van der Waals surface area contributed by atoms with E-state index in [-0.39, 0.29) is 5.82 Å². The fourth-order valence-corrected chi connectivity index (χ4v) is 4.64. The number of hydrogen-bond acceptors (Lipinski definition) is 8. The highest BCUT2D eigenvalue weighted by Crippen LogP contribution is 2.49. The first-order chi connectivity index (χ1) is 14.0. The monoisotopic (exact) mass is 406 g/mol. The van der Waals surface area contributed by atoms with Gasteiger partial charge in [0.2, 0.25) is 0 Å². The van der Waals surface area contributed by atoms with Crippen molar-refractivity contribution in [3.05, 3.63) is 64.0 Å². The van der Waals surface area contributed by atoms with Gasteiger partial charge in [0.15, 0.2) is 5.17 Å². The Labute approximate surface area is 172 Å². The summed E-state index contributed by atoms with van der Waals surface area (Å²) in [6, 6.07) is 13.1. The molecule has 2 heterocycles. The van der Waals surface area contributed by atoms with E-state index in [1.807, 2.05) is 36.4 Å². The molecule has 0 aliphatic carbocycles. The van der Waals surface area contributed by atoms with Crippen LogP contribution in [0.3, 0.4) is 0 Å². The number of aliphatic imine (C=N–C) groups is 1. The zero-order chi connectivity index (χ0) is 20.7. The van der Waals surface area contributed by atoms with Gasteiger partial charge in [-0.25, -0.2) is 9.79 Å². The number of nitrogens with two attached hydrogens (primary N) is 1. The zero-order valence-corrected chi connectivity index (χ0v) is 16.9. The van der Waals surface area contributed by atoms with Crippen molar-refractivity contribution in [2.24, 2.45) is 10.7 Å². The van der Waals surface area contributed by atoms with Crippen LogP contribution >= 0.6 is 11.8 Å². The normalized spacial score (nSPS) is 18.5. The van der Waals surface area contributed by atoms with E-state index >= 15 is 0 Å². The standard InChI is InChI=1S/C21H18N4O3S/c1-11-16(20(26)28-3)18(25-19(23)15(10-22)29-21(25)24-11)17-13-7-5-4-6-12(13)8-9-14(17)27-2/h4-9,18H,23H2,1-3H3/t18-/m1/s1. The Bertz CT molecular complexity index is 1180. The smallest absolute Gasteiger partial charge is 0.338 e. The number of rotatable bonds is 3. The van der Waals surface area contributed by atoms with Gasteiger partial charge in [-0.15, -0.1) is 0 Å². The molecular formula is C21H18N4O3S. The lowest BCUT2D eigenvalue weighted by atomic mass is 9.89. The number of esters is 1. The van der Waals surface area contributed by atoms with Crippen LogP contribution in [0.1, 0.15) is 18.5 Å². The lowest BCUT2D eigenvalue weighted by molar-refractivity contribution is -0.136. The number of fused-ring (bicyclic) bond motifs is 2. The summed E-state index contributed by atoms with van der Waals surface area (Å²) in [5, 5.41) is 11.9. The molecule has 0 amide bonds. The minimum atomic E-state index is -0.644. The van der Waals surface area contributed by atoms with Crippen LogP contribution in [0.4, 0.5) is 0 Å². The van der Waals surface area contributed by atoms with Gasteiger partial charge in [-0.2, -0.15) is 5.26 Å². The average molecular weight is 406 g/mol. The summed E-state index contributed by atoms with van der Waals surface area (Å²) in [4.78, 5) is 19.4. The Balaban J connectivity index is 2.08. The van der Waals surface area contributed by atoms with Gasteiger partial charge in [0, 0.05) is 5.56 Å². The van der Waals surface area contributed by atoms with Crippen LogP contribution in [0.2, 0.25) is 0 Å². The second-order valence-corrected chi connectivity index (χ2v) is 7.47. The number of benzene rings is 2. The average Bonchev–Trinajstić information content (AvgIpc) is 3.06. The summed E-state index contributed by atoms with van der Waals surface area (Å²) in [5.74, 6) is 0.353. The van der Waals surface area contributed by atoms with Gasteiger partial charge in [-0.05, 0) is 35.5 Å². The van der Waals surface area contributed by atoms with Crippen LogP contribution < -0.4 is 10.5 Å². The molecule has 0 saturated heterocycles. The maximum atomic E-state index is 12.8. The van der Waals surface area contributed by atoms with Gasteiger partial charge in [0.1, 0.15) is 28.6 Å². The highest BCUT2D eigenvalue weighted by Gasteiger charge is 2.44. The summed E-state index contributed by atoms with van der Waals surface area (Å²) < 4.78 is 10.7. The van der Waals surface area contributed by atoms with Crippen LogP contribution in [0.15, 0.2) is 63.4 Å². The summed E-state index contributed by atoms with van der Waals surface area (Å²) in [5.41, 5.74) is 7.96. The van der Waals surface area contributed by atoms with Crippen molar-refractivity contribution < 1.29 is 14.3 Å². The van der Waals surface area contributed by atoms with E-state index in [0.717, 1.165) is 16.3 Å². The molecule has 2 aromatic carbocycles. The molecular weight excluding hydrogens is 388 g/mol. The molecule has 0 bridgehead atoms. The second-order valence-electron chi connectivity index (χ2n) is 6.49. The Kier molecular flexibility index (Phi) is 4.68. The first kappa shape index (κ1) is 18.9. The quantitative estimate of drug-likeness (QED) is 0.780. The number of carbonyl (C=O) groups is 1. The highest BCUT2D eigenvalue weighted by molar-refractivity contribution is 8.17. The number of nitrogens with zero attached hydrogens (tertiary/aromatic N) is 3. The molecule has 29 heavy (non-hydrogen) atoms. The fourth-order valence-electron chi connectivity index (χ4n) is 3.72. The molecule has 2 aliphatic heterocycles. The summed E-state index contributed by atoms with van der Waals surface area (Å²) >= 11 is 1.19. The number of thioether (sulfide) groups is 1. The molecule has 7 nitrogen and oxygen atoms in total. The SMILES string of the molecule is COC(=O)C1=C(C)N=C2SC(C#N)=C(N)N2[C@H]1c1c(OC)ccc2ccccc12. The van der Waals surface area contributed by atoms with Crippen LogP contribution in [-0.4, -0.2) is 30.3 Å². The number of methoxy groups -OCH3 is 2. The molecule has 0 saturated carbocycles. The second kappa shape index (κ2) is 7.18. The topological polar surface area (TPSA) is 101 Å². The van der Waals surface area contributed by atoms with Gasteiger partial charge >= 0.3 is 5.97 Å². The van der Waals surface area contributed by atoms with Crippen molar-refractivity contribution in [2.75, 3.05) is 14.2 Å². The van der Waals surface area contributed by atoms with E-state index in [1.165, 1.54) is 18.9 Å². The van der Waals surface area contributed by atoms with Crippen molar-refractivity contribution in [3.8, 4) is 11.8 Å². The summed E-state index contributed by atoms with van der Waals surface area (Å²) in [6.07, 6.45) is 0. The van der Waals surface area contributed by atoms with E-state index in [1.54, 1.807) is 18.9 Å². The maximum absolute atomic E-state index is 12.8. The minimum absolute atomic E-state index is 0.255. The van der Waals surface area contributed by atoms with Crippen molar-refractivity contribution >= 4 is 33.7 Å². The van der Waals surface area contributed by atoms with Crippen LogP contribution in [0.5, 0.6) is 5.75 Å². The van der Waals surface area contributed by atoms with Crippen molar-refractivity contribution in [1.29, 1.82) is 5.26 Å². The molecule has 2 N–H and O–H groups in total. The number of hydrogen-bond donors (Lipinski definition) is 1. The van der Waals surface area contributed by atoms with E-state index < -0.39 is 12.0 Å². The van der Waals surface area contributed by atoms with E-state index in [2.05, 4.69) is 11.1 Å². The third-order valence-electron chi connectivity index (χ3n) is 5.01. The van der Waals surface area contributed by atoms with E-state index in [9.17, 15) is 10.1 Å². The minimum Gasteiger partial charge on any atom is -0.496 e. The van der Waals surface area contributed by atoms with Gasteiger partial charge < -0.3 is 15.2 Å². The third kappa shape index (κ3) is 2.82. The zero-order valence-electron chi connectivity index (χ0n) is 16.1. The number of ether oxygens (including phenoxy) is 2.